The summed E-state index contributed by atoms with van der Waals surface area (Å²) in [5.74, 6) is 1.47. The van der Waals surface area contributed by atoms with Crippen LogP contribution >= 0.6 is 0 Å². The molecule has 0 aromatic rings. The summed E-state index contributed by atoms with van der Waals surface area (Å²) in [5, 5.41) is 0. The number of hydrogen-bond donors (Lipinski definition) is 0. The molecule has 4 aliphatic carbocycles. The maximum absolute atomic E-state index is 11.7. The van der Waals surface area contributed by atoms with Crippen molar-refractivity contribution in [2.75, 3.05) is 0 Å². The number of allylic oxidation sites excluding steroid dienone is 6. The molecule has 0 aromatic carbocycles. The van der Waals surface area contributed by atoms with Crippen molar-refractivity contribution in [1.29, 1.82) is 0 Å². The predicted molar refractivity (Wildman–Crippen MR) is 55.7 cm³/mol. The van der Waals surface area contributed by atoms with Crippen LogP contribution in [0.3, 0.4) is 0 Å². The van der Waals surface area contributed by atoms with Crippen LogP contribution in [0, 0.1) is 17.8 Å². The highest BCUT2D eigenvalue weighted by molar-refractivity contribution is 5.96. The van der Waals surface area contributed by atoms with E-state index in [0.29, 0.717) is 11.8 Å². The second-order valence-electron chi connectivity index (χ2n) is 4.44. The third kappa shape index (κ3) is 1.05. The number of carbonyl (C=O) groups excluding carboxylic acids is 1. The van der Waals surface area contributed by atoms with E-state index in [1.165, 1.54) is 18.4 Å². The zero-order valence-corrected chi connectivity index (χ0v) is 8.15. The first kappa shape index (κ1) is 8.22. The summed E-state index contributed by atoms with van der Waals surface area (Å²) < 4.78 is 0. The summed E-state index contributed by atoms with van der Waals surface area (Å²) >= 11 is 0. The van der Waals surface area contributed by atoms with Gasteiger partial charge in [0.05, 0.1) is 5.92 Å². The highest BCUT2D eigenvalue weighted by Crippen LogP contribution is 2.43. The molecule has 0 saturated heterocycles. The van der Waals surface area contributed by atoms with Crippen LogP contribution in [0.1, 0.15) is 19.3 Å². The minimum Gasteiger partial charge on any atom is -0.294 e. The molecule has 72 valence electrons. The summed E-state index contributed by atoms with van der Waals surface area (Å²) in [7, 11) is 0. The lowest BCUT2D eigenvalue weighted by molar-refractivity contribution is -0.116. The smallest absolute Gasteiger partial charge is 0.166 e. The van der Waals surface area contributed by atoms with Gasteiger partial charge < -0.3 is 0 Å². The molecule has 2 bridgehead atoms. The van der Waals surface area contributed by atoms with E-state index in [9.17, 15) is 4.79 Å². The molecule has 4 rings (SSSR count). The normalized spacial score (nSPS) is 39.3. The van der Waals surface area contributed by atoms with Crippen LogP contribution < -0.4 is 0 Å². The van der Waals surface area contributed by atoms with Gasteiger partial charge in [-0.2, -0.15) is 0 Å². The van der Waals surface area contributed by atoms with Gasteiger partial charge in [-0.25, -0.2) is 0 Å². The molecule has 0 saturated carbocycles. The highest BCUT2D eigenvalue weighted by atomic mass is 16.1. The largest absolute Gasteiger partial charge is 0.294 e. The minimum atomic E-state index is 0.0790. The van der Waals surface area contributed by atoms with Gasteiger partial charge in [-0.05, 0) is 31.3 Å². The van der Waals surface area contributed by atoms with Crippen molar-refractivity contribution in [3.05, 3.63) is 36.0 Å². The van der Waals surface area contributed by atoms with E-state index >= 15 is 0 Å². The zero-order valence-electron chi connectivity index (χ0n) is 8.15. The quantitative estimate of drug-likeness (QED) is 0.531. The molecular formula is C13H14O. The van der Waals surface area contributed by atoms with E-state index in [2.05, 4.69) is 24.3 Å². The standard InChI is InChI=1S/C13H14O/c14-13-8-6-9-5-7-12(13)11-4-2-1-3-10(9)11/h4-10,12H,1-3H2/t9-,10-,12-/m1/s1. The Morgan fingerprint density at radius 3 is 3.07 bits per heavy atom. The summed E-state index contributed by atoms with van der Waals surface area (Å²) in [6.07, 6.45) is 14.2. The molecule has 1 heteroatoms. The van der Waals surface area contributed by atoms with Crippen LogP contribution in [0.15, 0.2) is 36.0 Å². The average molecular weight is 186 g/mol. The van der Waals surface area contributed by atoms with Crippen LogP contribution in [-0.2, 0) is 4.79 Å². The SMILES string of the molecule is O=C1C=C[C@H]2C=C[C@@H]1C1=CCCC[C@@H]12. The summed E-state index contributed by atoms with van der Waals surface area (Å²) in [6.45, 7) is 0. The molecule has 0 fully saturated rings. The lowest BCUT2D eigenvalue weighted by Gasteiger charge is -2.33. The van der Waals surface area contributed by atoms with Crippen molar-refractivity contribution in [1.82, 2.24) is 0 Å². The monoisotopic (exact) mass is 186 g/mol. The number of ketones is 1. The van der Waals surface area contributed by atoms with E-state index in [4.69, 9.17) is 0 Å². The highest BCUT2D eigenvalue weighted by Gasteiger charge is 2.35. The molecule has 0 unspecified atom stereocenters. The van der Waals surface area contributed by atoms with Gasteiger partial charge in [0.15, 0.2) is 5.78 Å². The van der Waals surface area contributed by atoms with Crippen LogP contribution in [0.4, 0.5) is 0 Å². The molecule has 0 amide bonds. The van der Waals surface area contributed by atoms with E-state index < -0.39 is 0 Å². The van der Waals surface area contributed by atoms with E-state index in [-0.39, 0.29) is 11.7 Å². The molecular weight excluding hydrogens is 172 g/mol. The average Bonchev–Trinajstić information content (AvgIpc) is 2.49. The van der Waals surface area contributed by atoms with Gasteiger partial charge in [0.1, 0.15) is 0 Å². The predicted octanol–water partition coefficient (Wildman–Crippen LogP) is 2.65. The molecule has 0 spiro atoms. The molecule has 0 aromatic heterocycles. The zero-order chi connectivity index (χ0) is 9.54. The first-order valence-corrected chi connectivity index (χ1v) is 5.46. The molecule has 4 aliphatic rings. The van der Waals surface area contributed by atoms with Crippen LogP contribution in [0.2, 0.25) is 0 Å². The van der Waals surface area contributed by atoms with Crippen molar-refractivity contribution in [2.24, 2.45) is 17.8 Å². The van der Waals surface area contributed by atoms with Gasteiger partial charge in [-0.3, -0.25) is 4.79 Å². The van der Waals surface area contributed by atoms with Crippen LogP contribution in [0.25, 0.3) is 0 Å². The van der Waals surface area contributed by atoms with Crippen LogP contribution in [0.5, 0.6) is 0 Å². The number of carbonyl (C=O) groups is 1. The Balaban J connectivity index is 2.11. The molecule has 1 nitrogen and oxygen atoms in total. The molecule has 3 atom stereocenters. The lowest BCUT2D eigenvalue weighted by atomic mass is 9.71. The van der Waals surface area contributed by atoms with Gasteiger partial charge in [0.25, 0.3) is 0 Å². The third-order valence-corrected chi connectivity index (χ3v) is 3.67. The lowest BCUT2D eigenvalue weighted by Crippen LogP contribution is -2.25. The Kier molecular flexibility index (Phi) is 1.73. The molecule has 14 heavy (non-hydrogen) atoms. The van der Waals surface area contributed by atoms with Gasteiger partial charge >= 0.3 is 0 Å². The van der Waals surface area contributed by atoms with E-state index in [1.54, 1.807) is 6.08 Å². The van der Waals surface area contributed by atoms with Gasteiger partial charge in [0, 0.05) is 5.92 Å². The number of rotatable bonds is 0. The second kappa shape index (κ2) is 2.94. The first-order valence-electron chi connectivity index (χ1n) is 5.46. The molecule has 0 aliphatic heterocycles. The fourth-order valence-corrected chi connectivity index (χ4v) is 2.95. The van der Waals surface area contributed by atoms with Crippen LogP contribution in [-0.4, -0.2) is 5.78 Å². The van der Waals surface area contributed by atoms with Crippen molar-refractivity contribution < 1.29 is 4.79 Å². The van der Waals surface area contributed by atoms with E-state index in [1.807, 2.05) is 0 Å². The fraction of sp³-hybridized carbons (Fsp3) is 0.462. The minimum absolute atomic E-state index is 0.0790. The van der Waals surface area contributed by atoms with Gasteiger partial charge in [-0.15, -0.1) is 0 Å². The first-order chi connectivity index (χ1) is 6.86. The van der Waals surface area contributed by atoms with Gasteiger partial charge in [-0.1, -0.05) is 29.9 Å². The van der Waals surface area contributed by atoms with Crippen molar-refractivity contribution in [3.63, 3.8) is 0 Å². The molecule has 0 radical (unpaired) electrons. The van der Waals surface area contributed by atoms with Crippen molar-refractivity contribution >= 4 is 5.78 Å². The topological polar surface area (TPSA) is 17.1 Å². The Morgan fingerprint density at radius 1 is 1.21 bits per heavy atom. The van der Waals surface area contributed by atoms with Gasteiger partial charge in [0.2, 0.25) is 0 Å². The summed E-state index contributed by atoms with van der Waals surface area (Å²) in [4.78, 5) is 11.7. The van der Waals surface area contributed by atoms with Crippen molar-refractivity contribution in [2.45, 2.75) is 19.3 Å². The van der Waals surface area contributed by atoms with Crippen molar-refractivity contribution in [3.8, 4) is 0 Å². The Labute approximate surface area is 84.2 Å². The fourth-order valence-electron chi connectivity index (χ4n) is 2.95. The second-order valence-corrected chi connectivity index (χ2v) is 4.44. The molecule has 0 N–H and O–H groups in total. The van der Waals surface area contributed by atoms with E-state index in [0.717, 1.165) is 6.42 Å². The maximum atomic E-state index is 11.7. The molecule has 0 heterocycles. The third-order valence-electron chi connectivity index (χ3n) is 3.67. The summed E-state index contributed by atoms with van der Waals surface area (Å²) in [6, 6.07) is 0. The Bertz CT molecular complexity index is 359. The Hall–Kier alpha value is -1.11. The number of fused-ring (bicyclic) bond motifs is 1. The Morgan fingerprint density at radius 2 is 2.14 bits per heavy atom. The summed E-state index contributed by atoms with van der Waals surface area (Å²) in [5.41, 5.74) is 1.40. The number of hydrogen-bond acceptors (Lipinski definition) is 1. The maximum Gasteiger partial charge on any atom is 0.166 e.